The van der Waals surface area contributed by atoms with Crippen LogP contribution >= 0.6 is 0 Å². The van der Waals surface area contributed by atoms with Crippen LogP contribution in [0.15, 0.2) is 49.3 Å². The van der Waals surface area contributed by atoms with Gasteiger partial charge in [0.05, 0.1) is 23.8 Å². The SMILES string of the molecule is C=CCCCCn1cnc2c(C)c(C(CC(=O)O)c3ccc4c(c3)CNCC4)ccc21. The molecule has 0 radical (unpaired) electrons. The second kappa shape index (κ2) is 9.48. The summed E-state index contributed by atoms with van der Waals surface area (Å²) in [6.07, 6.45) is 8.20. The van der Waals surface area contributed by atoms with Gasteiger partial charge in [0.2, 0.25) is 0 Å². The van der Waals surface area contributed by atoms with E-state index >= 15 is 0 Å². The maximum Gasteiger partial charge on any atom is 0.304 e. The Bertz CT molecular complexity index is 1100. The molecular weight excluding hydrogens is 386 g/mol. The van der Waals surface area contributed by atoms with Gasteiger partial charge in [-0.25, -0.2) is 4.98 Å². The van der Waals surface area contributed by atoms with E-state index < -0.39 is 5.97 Å². The topological polar surface area (TPSA) is 67.2 Å². The van der Waals surface area contributed by atoms with E-state index in [1.54, 1.807) is 0 Å². The standard InChI is InChI=1S/C26H31N3O2/c1-3-4-5-6-13-29-17-28-26-18(2)22(9-10-24(26)29)23(15-25(30)31)20-8-7-19-11-12-27-16-21(19)14-20/h3,7-10,14,17,23,27H,1,4-6,11-13,15-16H2,2H3,(H,30,31). The predicted molar refractivity (Wildman–Crippen MR) is 124 cm³/mol. The number of allylic oxidation sites excluding steroid dienone is 1. The molecule has 2 aromatic carbocycles. The highest BCUT2D eigenvalue weighted by Gasteiger charge is 2.23. The molecule has 0 fully saturated rings. The highest BCUT2D eigenvalue weighted by molar-refractivity contribution is 5.81. The lowest BCUT2D eigenvalue weighted by atomic mass is 9.83. The third-order valence-electron chi connectivity index (χ3n) is 6.42. The van der Waals surface area contributed by atoms with Crippen molar-refractivity contribution in [3.63, 3.8) is 0 Å². The van der Waals surface area contributed by atoms with Crippen LogP contribution in [-0.2, 0) is 24.3 Å². The Hall–Kier alpha value is -2.92. The smallest absolute Gasteiger partial charge is 0.304 e. The number of hydrogen-bond donors (Lipinski definition) is 2. The molecular formula is C26H31N3O2. The lowest BCUT2D eigenvalue weighted by Gasteiger charge is -2.23. The molecule has 2 heterocycles. The van der Waals surface area contributed by atoms with E-state index in [0.717, 1.165) is 73.0 Å². The fraction of sp³-hybridized carbons (Fsp3) is 0.385. The van der Waals surface area contributed by atoms with Gasteiger partial charge in [-0.05, 0) is 73.0 Å². The number of aliphatic carboxylic acids is 1. The number of hydrogen-bond acceptors (Lipinski definition) is 3. The lowest BCUT2D eigenvalue weighted by Crippen LogP contribution is -2.24. The molecule has 0 spiro atoms. The van der Waals surface area contributed by atoms with Gasteiger partial charge in [0, 0.05) is 19.0 Å². The first-order chi connectivity index (χ1) is 15.1. The number of nitrogens with zero attached hydrogens (tertiary/aromatic N) is 2. The Morgan fingerprint density at radius 3 is 2.97 bits per heavy atom. The zero-order valence-corrected chi connectivity index (χ0v) is 18.2. The van der Waals surface area contributed by atoms with E-state index in [1.807, 2.05) is 12.4 Å². The predicted octanol–water partition coefficient (Wildman–Crippen LogP) is 4.95. The van der Waals surface area contributed by atoms with Crippen molar-refractivity contribution >= 4 is 17.0 Å². The van der Waals surface area contributed by atoms with Gasteiger partial charge < -0.3 is 15.0 Å². The number of fused-ring (bicyclic) bond motifs is 2. The number of carbonyl (C=O) groups is 1. The van der Waals surface area contributed by atoms with Gasteiger partial charge >= 0.3 is 5.97 Å². The Morgan fingerprint density at radius 1 is 1.29 bits per heavy atom. The number of carboxylic acid groups (broad SMARTS) is 1. The summed E-state index contributed by atoms with van der Waals surface area (Å²) < 4.78 is 2.20. The summed E-state index contributed by atoms with van der Waals surface area (Å²) in [7, 11) is 0. The quantitative estimate of drug-likeness (QED) is 0.382. The van der Waals surface area contributed by atoms with Crippen LogP contribution in [-0.4, -0.2) is 27.2 Å². The number of benzene rings is 2. The van der Waals surface area contributed by atoms with Crippen molar-refractivity contribution in [2.45, 2.75) is 58.0 Å². The monoisotopic (exact) mass is 417 g/mol. The van der Waals surface area contributed by atoms with E-state index in [-0.39, 0.29) is 12.3 Å². The van der Waals surface area contributed by atoms with Gasteiger partial charge in [0.1, 0.15) is 0 Å². The molecule has 31 heavy (non-hydrogen) atoms. The number of rotatable bonds is 9. The number of carboxylic acids is 1. The van der Waals surface area contributed by atoms with Gasteiger partial charge in [-0.1, -0.05) is 30.3 Å². The second-order valence-electron chi connectivity index (χ2n) is 8.48. The summed E-state index contributed by atoms with van der Waals surface area (Å²) in [5.41, 5.74) is 7.91. The molecule has 1 unspecified atom stereocenters. The highest BCUT2D eigenvalue weighted by atomic mass is 16.4. The maximum atomic E-state index is 11.8. The molecule has 3 aromatic rings. The number of aromatic nitrogens is 2. The third kappa shape index (κ3) is 4.57. The Kier molecular flexibility index (Phi) is 6.52. The Labute approximate surface area is 183 Å². The largest absolute Gasteiger partial charge is 0.481 e. The molecule has 0 amide bonds. The first-order valence-corrected chi connectivity index (χ1v) is 11.2. The van der Waals surface area contributed by atoms with Crippen molar-refractivity contribution < 1.29 is 9.90 Å². The summed E-state index contributed by atoms with van der Waals surface area (Å²) in [5.74, 6) is -0.972. The fourth-order valence-electron chi connectivity index (χ4n) is 4.71. The van der Waals surface area contributed by atoms with Crippen molar-refractivity contribution in [3.8, 4) is 0 Å². The Morgan fingerprint density at radius 2 is 2.16 bits per heavy atom. The van der Waals surface area contributed by atoms with Gasteiger partial charge in [-0.15, -0.1) is 6.58 Å². The van der Waals surface area contributed by atoms with E-state index in [9.17, 15) is 9.90 Å². The molecule has 0 saturated heterocycles. The number of nitrogens with one attached hydrogen (secondary N) is 1. The molecule has 1 aliphatic rings. The van der Waals surface area contributed by atoms with Gasteiger partial charge in [-0.3, -0.25) is 4.79 Å². The molecule has 1 aromatic heterocycles. The first kappa shape index (κ1) is 21.3. The van der Waals surface area contributed by atoms with Crippen LogP contribution in [0.4, 0.5) is 0 Å². The lowest BCUT2D eigenvalue weighted by molar-refractivity contribution is -0.137. The average molecular weight is 418 g/mol. The van der Waals surface area contributed by atoms with Crippen molar-refractivity contribution in [2.24, 2.45) is 0 Å². The molecule has 0 bridgehead atoms. The zero-order chi connectivity index (χ0) is 21.8. The molecule has 1 aliphatic heterocycles. The Balaban J connectivity index is 1.68. The molecule has 2 N–H and O–H groups in total. The minimum absolute atomic E-state index is 0.0703. The third-order valence-corrected chi connectivity index (χ3v) is 6.42. The number of aryl methyl sites for hydroxylation is 2. The van der Waals surface area contributed by atoms with Crippen LogP contribution in [0, 0.1) is 6.92 Å². The van der Waals surface area contributed by atoms with Crippen LogP contribution in [0.2, 0.25) is 0 Å². The summed E-state index contributed by atoms with van der Waals surface area (Å²) in [6.45, 7) is 8.63. The fourth-order valence-corrected chi connectivity index (χ4v) is 4.71. The van der Waals surface area contributed by atoms with E-state index in [2.05, 4.69) is 58.7 Å². The highest BCUT2D eigenvalue weighted by Crippen LogP contribution is 2.35. The van der Waals surface area contributed by atoms with Crippen molar-refractivity contribution in [3.05, 3.63) is 77.1 Å². The van der Waals surface area contributed by atoms with Crippen molar-refractivity contribution in [1.82, 2.24) is 14.9 Å². The minimum Gasteiger partial charge on any atom is -0.481 e. The van der Waals surface area contributed by atoms with Gasteiger partial charge in [-0.2, -0.15) is 0 Å². The normalized spacial score (nSPS) is 14.4. The summed E-state index contributed by atoms with van der Waals surface area (Å²) in [5, 5.41) is 13.1. The molecule has 1 atom stereocenters. The summed E-state index contributed by atoms with van der Waals surface area (Å²) >= 11 is 0. The van der Waals surface area contributed by atoms with Crippen LogP contribution in [0.25, 0.3) is 11.0 Å². The van der Waals surface area contributed by atoms with Crippen LogP contribution in [0.1, 0.15) is 59.4 Å². The molecule has 5 heteroatoms. The van der Waals surface area contributed by atoms with E-state index in [1.165, 1.54) is 11.1 Å². The number of imidazole rings is 1. The van der Waals surface area contributed by atoms with E-state index in [0.29, 0.717) is 0 Å². The summed E-state index contributed by atoms with van der Waals surface area (Å²) in [6, 6.07) is 10.7. The average Bonchev–Trinajstić information content (AvgIpc) is 3.19. The summed E-state index contributed by atoms with van der Waals surface area (Å²) in [4.78, 5) is 16.4. The van der Waals surface area contributed by atoms with Crippen molar-refractivity contribution in [2.75, 3.05) is 6.54 Å². The molecule has 0 aliphatic carbocycles. The van der Waals surface area contributed by atoms with Crippen LogP contribution in [0.5, 0.6) is 0 Å². The minimum atomic E-state index is -0.784. The van der Waals surface area contributed by atoms with Crippen LogP contribution < -0.4 is 5.32 Å². The van der Waals surface area contributed by atoms with Crippen molar-refractivity contribution in [1.29, 1.82) is 0 Å². The number of unbranched alkanes of at least 4 members (excludes halogenated alkanes) is 2. The molecule has 5 nitrogen and oxygen atoms in total. The first-order valence-electron chi connectivity index (χ1n) is 11.2. The second-order valence-corrected chi connectivity index (χ2v) is 8.48. The zero-order valence-electron chi connectivity index (χ0n) is 18.2. The van der Waals surface area contributed by atoms with Crippen LogP contribution in [0.3, 0.4) is 0 Å². The maximum absolute atomic E-state index is 11.8. The van der Waals surface area contributed by atoms with Gasteiger partial charge in [0.25, 0.3) is 0 Å². The molecule has 0 saturated carbocycles. The molecule has 162 valence electrons. The van der Waals surface area contributed by atoms with Gasteiger partial charge in [0.15, 0.2) is 0 Å². The van der Waals surface area contributed by atoms with E-state index in [4.69, 9.17) is 0 Å². The molecule has 4 rings (SSSR count).